The lowest BCUT2D eigenvalue weighted by Crippen LogP contribution is -1.96. The topological polar surface area (TPSA) is 43.9 Å². The zero-order valence-electron chi connectivity index (χ0n) is 9.03. The Morgan fingerprint density at radius 1 is 1.53 bits per heavy atom. The van der Waals surface area contributed by atoms with Crippen molar-refractivity contribution in [3.8, 4) is 0 Å². The summed E-state index contributed by atoms with van der Waals surface area (Å²) in [7, 11) is 1.80. The molecule has 2 aromatic rings. The summed E-state index contributed by atoms with van der Waals surface area (Å²) in [6.45, 7) is 0. The van der Waals surface area contributed by atoms with Crippen molar-refractivity contribution in [2.75, 3.05) is 0 Å². The number of aromatic nitrogens is 3. The molecule has 0 saturated carbocycles. The van der Waals surface area contributed by atoms with E-state index < -0.39 is 6.43 Å². The van der Waals surface area contributed by atoms with Gasteiger partial charge in [-0.05, 0) is 15.9 Å². The molecular formula is C10H10BrF2N3O. The Bertz CT molecular complexity index is 509. The zero-order valence-corrected chi connectivity index (χ0v) is 10.6. The van der Waals surface area contributed by atoms with Gasteiger partial charge in [0, 0.05) is 31.3 Å². The third kappa shape index (κ3) is 3.12. The molecule has 2 aromatic heterocycles. The molecule has 0 amide bonds. The van der Waals surface area contributed by atoms with Gasteiger partial charge in [0.25, 0.3) is 0 Å². The average molecular weight is 306 g/mol. The maximum atomic E-state index is 12.1. The minimum atomic E-state index is -2.40. The van der Waals surface area contributed by atoms with Gasteiger partial charge in [-0.25, -0.2) is 8.78 Å². The second-order valence-electron chi connectivity index (χ2n) is 3.68. The van der Waals surface area contributed by atoms with Gasteiger partial charge in [-0.2, -0.15) is 5.10 Å². The highest BCUT2D eigenvalue weighted by atomic mass is 79.9. The van der Waals surface area contributed by atoms with Crippen molar-refractivity contribution in [1.82, 2.24) is 14.9 Å². The lowest BCUT2D eigenvalue weighted by Gasteiger charge is -1.91. The summed E-state index contributed by atoms with van der Waals surface area (Å²) in [4.78, 5) is 0. The Labute approximate surface area is 105 Å². The second-order valence-corrected chi connectivity index (χ2v) is 4.43. The Hall–Kier alpha value is -1.24. The van der Waals surface area contributed by atoms with Crippen molar-refractivity contribution < 1.29 is 13.3 Å². The fourth-order valence-electron chi connectivity index (χ4n) is 1.51. The van der Waals surface area contributed by atoms with Crippen LogP contribution in [0.25, 0.3) is 0 Å². The molecule has 0 bridgehead atoms. The molecule has 0 radical (unpaired) electrons. The summed E-state index contributed by atoms with van der Waals surface area (Å²) in [5.74, 6) is 0.550. The molecule has 0 N–H and O–H groups in total. The lowest BCUT2D eigenvalue weighted by atomic mass is 10.2. The number of hydrogen-bond acceptors (Lipinski definition) is 3. The predicted molar refractivity (Wildman–Crippen MR) is 59.9 cm³/mol. The van der Waals surface area contributed by atoms with Gasteiger partial charge in [-0.1, -0.05) is 5.16 Å². The van der Waals surface area contributed by atoms with Crippen LogP contribution in [0.5, 0.6) is 0 Å². The maximum Gasteiger partial charge on any atom is 0.244 e. The van der Waals surface area contributed by atoms with E-state index >= 15 is 0 Å². The number of aryl methyl sites for hydroxylation is 1. The summed E-state index contributed by atoms with van der Waals surface area (Å²) in [6, 6.07) is 1.55. The van der Waals surface area contributed by atoms with Crippen LogP contribution in [0.1, 0.15) is 17.0 Å². The van der Waals surface area contributed by atoms with Crippen LogP contribution < -0.4 is 0 Å². The molecule has 2 heterocycles. The highest BCUT2D eigenvalue weighted by Crippen LogP contribution is 2.19. The molecular weight excluding hydrogens is 296 g/mol. The lowest BCUT2D eigenvalue weighted by molar-refractivity contribution is 0.146. The first kappa shape index (κ1) is 12.2. The molecule has 0 unspecified atom stereocenters. The summed E-state index contributed by atoms with van der Waals surface area (Å²) >= 11 is 3.31. The highest BCUT2D eigenvalue weighted by molar-refractivity contribution is 9.10. The van der Waals surface area contributed by atoms with E-state index in [0.29, 0.717) is 16.8 Å². The van der Waals surface area contributed by atoms with Gasteiger partial charge in [-0.3, -0.25) is 4.68 Å². The van der Waals surface area contributed by atoms with Crippen LogP contribution in [0.3, 0.4) is 0 Å². The Morgan fingerprint density at radius 2 is 2.29 bits per heavy atom. The van der Waals surface area contributed by atoms with Crippen molar-refractivity contribution in [2.24, 2.45) is 7.05 Å². The van der Waals surface area contributed by atoms with Crippen molar-refractivity contribution >= 4 is 15.9 Å². The quantitative estimate of drug-likeness (QED) is 0.872. The Balaban J connectivity index is 2.08. The zero-order chi connectivity index (χ0) is 12.4. The minimum Gasteiger partial charge on any atom is -0.361 e. The summed E-state index contributed by atoms with van der Waals surface area (Å²) < 4.78 is 31.6. The van der Waals surface area contributed by atoms with Crippen molar-refractivity contribution in [3.05, 3.63) is 33.9 Å². The fourth-order valence-corrected chi connectivity index (χ4v) is 2.00. The molecule has 0 aromatic carbocycles. The van der Waals surface area contributed by atoms with Crippen molar-refractivity contribution in [3.63, 3.8) is 0 Å². The molecule has 92 valence electrons. The van der Waals surface area contributed by atoms with E-state index in [1.54, 1.807) is 17.8 Å². The summed E-state index contributed by atoms with van der Waals surface area (Å²) in [5, 5.41) is 7.71. The largest absolute Gasteiger partial charge is 0.361 e. The molecule has 0 aliphatic rings. The first-order valence-electron chi connectivity index (χ1n) is 4.95. The van der Waals surface area contributed by atoms with E-state index in [-0.39, 0.29) is 12.1 Å². The highest BCUT2D eigenvalue weighted by Gasteiger charge is 2.12. The van der Waals surface area contributed by atoms with E-state index in [1.165, 1.54) is 0 Å². The third-order valence-electron chi connectivity index (χ3n) is 2.19. The molecule has 7 heteroatoms. The monoisotopic (exact) mass is 305 g/mol. The fraction of sp³-hybridized carbons (Fsp3) is 0.400. The molecule has 0 fully saturated rings. The summed E-state index contributed by atoms with van der Waals surface area (Å²) in [6.07, 6.45) is -0.472. The molecule has 2 rings (SSSR count). The van der Waals surface area contributed by atoms with Gasteiger partial charge < -0.3 is 4.52 Å². The molecule has 0 saturated heterocycles. The molecule has 0 spiro atoms. The molecule has 17 heavy (non-hydrogen) atoms. The number of nitrogens with zero attached hydrogens (tertiary/aromatic N) is 3. The van der Waals surface area contributed by atoms with E-state index in [9.17, 15) is 8.78 Å². The number of rotatable bonds is 4. The Kier molecular flexibility index (Phi) is 3.56. The number of hydrogen-bond donors (Lipinski definition) is 0. The average Bonchev–Trinajstić information content (AvgIpc) is 2.74. The first-order valence-corrected chi connectivity index (χ1v) is 5.74. The maximum absolute atomic E-state index is 12.1. The van der Waals surface area contributed by atoms with E-state index in [1.807, 2.05) is 6.20 Å². The van der Waals surface area contributed by atoms with Gasteiger partial charge in [0.15, 0.2) is 0 Å². The van der Waals surface area contributed by atoms with Crippen LogP contribution in [-0.2, 0) is 19.9 Å². The molecule has 4 nitrogen and oxygen atoms in total. The smallest absolute Gasteiger partial charge is 0.244 e. The third-order valence-corrected chi connectivity index (χ3v) is 2.86. The van der Waals surface area contributed by atoms with Crippen molar-refractivity contribution in [1.29, 1.82) is 0 Å². The van der Waals surface area contributed by atoms with Gasteiger partial charge >= 0.3 is 0 Å². The predicted octanol–water partition coefficient (Wildman–Crippen LogP) is 2.57. The standard InChI is InChI=1S/C10H10BrF2N3O/c1-16-5-6(10(11)14-16)2-8-3-7(15-17-8)4-9(12)13/h3,5,9H,2,4H2,1H3. The van der Waals surface area contributed by atoms with Gasteiger partial charge in [-0.15, -0.1) is 0 Å². The van der Waals surface area contributed by atoms with Gasteiger partial charge in [0.05, 0.1) is 12.1 Å². The van der Waals surface area contributed by atoms with Gasteiger partial charge in [0.1, 0.15) is 10.4 Å². The number of alkyl halides is 2. The molecule has 0 aliphatic heterocycles. The van der Waals surface area contributed by atoms with Crippen LogP contribution in [0.15, 0.2) is 21.4 Å². The Morgan fingerprint density at radius 3 is 2.88 bits per heavy atom. The van der Waals surface area contributed by atoms with Crippen LogP contribution in [0.2, 0.25) is 0 Å². The van der Waals surface area contributed by atoms with Crippen molar-refractivity contribution in [2.45, 2.75) is 19.3 Å². The summed E-state index contributed by atoms with van der Waals surface area (Å²) in [5.41, 5.74) is 1.20. The van der Waals surface area contributed by atoms with Gasteiger partial charge in [0.2, 0.25) is 6.43 Å². The van der Waals surface area contributed by atoms with Crippen LogP contribution in [0, 0.1) is 0 Å². The van der Waals surface area contributed by atoms with Crippen LogP contribution in [-0.4, -0.2) is 21.4 Å². The normalized spacial score (nSPS) is 11.4. The minimum absolute atomic E-state index is 0.273. The molecule has 0 atom stereocenters. The number of halogens is 3. The van der Waals surface area contributed by atoms with Crippen LogP contribution >= 0.6 is 15.9 Å². The van der Waals surface area contributed by atoms with E-state index in [0.717, 1.165) is 5.56 Å². The molecule has 0 aliphatic carbocycles. The van der Waals surface area contributed by atoms with E-state index in [2.05, 4.69) is 26.2 Å². The first-order chi connectivity index (χ1) is 8.04. The second kappa shape index (κ2) is 4.95. The van der Waals surface area contributed by atoms with Crippen LogP contribution in [0.4, 0.5) is 8.78 Å². The SMILES string of the molecule is Cn1cc(Cc2cc(CC(F)F)no2)c(Br)n1. The van der Waals surface area contributed by atoms with E-state index in [4.69, 9.17) is 4.52 Å².